The molecule has 13 heteroatoms. The number of carbonyl (C=O) groups is 1. The first-order valence-corrected chi connectivity index (χ1v) is 12.1. The zero-order chi connectivity index (χ0) is 24.8. The number of benzene rings is 1. The summed E-state index contributed by atoms with van der Waals surface area (Å²) >= 11 is 0. The summed E-state index contributed by atoms with van der Waals surface area (Å²) in [5.41, 5.74) is -2.11. The minimum atomic E-state index is -4.03. The van der Waals surface area contributed by atoms with Gasteiger partial charge in [0.05, 0.1) is 24.2 Å². The minimum absolute atomic E-state index is 0.0796. The number of carbonyl (C=O) groups excluding carboxylic acids is 1. The third-order valence-corrected chi connectivity index (χ3v) is 7.67. The molecule has 2 aromatic rings. The number of rotatable bonds is 5. The number of amides is 1. The summed E-state index contributed by atoms with van der Waals surface area (Å²) < 4.78 is 47.7. The summed E-state index contributed by atoms with van der Waals surface area (Å²) in [6.45, 7) is 3.52. The number of halogens is 1. The van der Waals surface area contributed by atoms with Crippen LogP contribution in [0, 0.1) is 5.82 Å². The summed E-state index contributed by atoms with van der Waals surface area (Å²) in [5, 5.41) is 22.3. The molecule has 1 unspecified atom stereocenters. The summed E-state index contributed by atoms with van der Waals surface area (Å²) in [4.78, 5) is 29.1. The van der Waals surface area contributed by atoms with Gasteiger partial charge >= 0.3 is 0 Å². The van der Waals surface area contributed by atoms with Crippen molar-refractivity contribution in [1.82, 2.24) is 19.2 Å². The molecule has 1 fully saturated rings. The molecule has 1 aromatic heterocycles. The summed E-state index contributed by atoms with van der Waals surface area (Å²) in [6.07, 6.45) is -0.491. The molecule has 0 spiro atoms. The van der Waals surface area contributed by atoms with Crippen LogP contribution in [-0.4, -0.2) is 64.2 Å². The van der Waals surface area contributed by atoms with E-state index in [9.17, 15) is 32.6 Å². The second-order valence-corrected chi connectivity index (χ2v) is 10.7. The number of nitrogens with one attached hydrogen (secondary N) is 1. The van der Waals surface area contributed by atoms with E-state index in [1.807, 2.05) is 0 Å². The van der Waals surface area contributed by atoms with E-state index in [4.69, 9.17) is 4.74 Å². The van der Waals surface area contributed by atoms with Gasteiger partial charge in [-0.1, -0.05) is 0 Å². The molecule has 34 heavy (non-hydrogen) atoms. The van der Waals surface area contributed by atoms with Gasteiger partial charge in [-0.05, 0) is 44.0 Å². The van der Waals surface area contributed by atoms with Gasteiger partial charge < -0.3 is 20.3 Å². The summed E-state index contributed by atoms with van der Waals surface area (Å²) in [6, 6.07) is 3.14. The Morgan fingerprint density at radius 2 is 2.06 bits per heavy atom. The van der Waals surface area contributed by atoms with Gasteiger partial charge in [-0.25, -0.2) is 17.8 Å². The van der Waals surface area contributed by atoms with Gasteiger partial charge in [0.25, 0.3) is 11.5 Å². The standard InChI is InChI=1S/C21H25FN4O7S/c1-21(2)20-24-16(17(28)19(30)26(20)5-6-33-21)18(29)23-10-12-7-13(22)9-15(8-12)34(31,32)25-4-3-14(27)11-25/h7-9,14,27-28H,3-6,10-11H2,1-2H3,(H,23,29). The molecular weight excluding hydrogens is 471 g/mol. The molecule has 184 valence electrons. The Bertz CT molecular complexity index is 1310. The normalized spacial score (nSPS) is 20.2. The predicted molar refractivity (Wildman–Crippen MR) is 116 cm³/mol. The molecule has 4 rings (SSSR count). The van der Waals surface area contributed by atoms with Crippen molar-refractivity contribution in [3.63, 3.8) is 0 Å². The van der Waals surface area contributed by atoms with Crippen molar-refractivity contribution in [2.75, 3.05) is 19.7 Å². The van der Waals surface area contributed by atoms with Crippen molar-refractivity contribution in [3.8, 4) is 5.75 Å². The monoisotopic (exact) mass is 496 g/mol. The number of fused-ring (bicyclic) bond motifs is 1. The Hall–Kier alpha value is -2.87. The van der Waals surface area contributed by atoms with E-state index >= 15 is 0 Å². The SMILES string of the molecule is CC1(C)OCCn2c1nc(C(=O)NCc1cc(F)cc(S(=O)(=O)N3CCC(O)C3)c1)c(O)c2=O. The van der Waals surface area contributed by atoms with Crippen LogP contribution in [0.2, 0.25) is 0 Å². The highest BCUT2D eigenvalue weighted by Gasteiger charge is 2.35. The lowest BCUT2D eigenvalue weighted by Gasteiger charge is -2.32. The van der Waals surface area contributed by atoms with Crippen LogP contribution in [0.25, 0.3) is 0 Å². The van der Waals surface area contributed by atoms with Gasteiger partial charge in [0, 0.05) is 19.6 Å². The topological polar surface area (TPSA) is 151 Å². The third-order valence-electron chi connectivity index (χ3n) is 5.82. The maximum atomic E-state index is 14.2. The number of sulfonamides is 1. The number of aliphatic hydroxyl groups is 1. The average Bonchev–Trinajstić information content (AvgIpc) is 3.21. The first-order valence-electron chi connectivity index (χ1n) is 10.6. The number of ether oxygens (including phenoxy) is 1. The molecular formula is C21H25FN4O7S. The fourth-order valence-electron chi connectivity index (χ4n) is 4.04. The molecule has 2 aliphatic heterocycles. The van der Waals surface area contributed by atoms with Gasteiger partial charge in [-0.2, -0.15) is 4.31 Å². The molecule has 11 nitrogen and oxygen atoms in total. The molecule has 1 atom stereocenters. The average molecular weight is 497 g/mol. The molecule has 1 amide bonds. The molecule has 1 aromatic carbocycles. The Morgan fingerprint density at radius 3 is 2.74 bits per heavy atom. The molecule has 0 saturated carbocycles. The molecule has 1 saturated heterocycles. The lowest BCUT2D eigenvalue weighted by atomic mass is 10.1. The van der Waals surface area contributed by atoms with Crippen molar-refractivity contribution in [3.05, 3.63) is 51.5 Å². The molecule has 2 aliphatic rings. The third kappa shape index (κ3) is 4.43. The van der Waals surface area contributed by atoms with Crippen molar-refractivity contribution in [2.45, 2.75) is 50.0 Å². The Morgan fingerprint density at radius 1 is 1.32 bits per heavy atom. The molecule has 0 radical (unpaired) electrons. The lowest BCUT2D eigenvalue weighted by Crippen LogP contribution is -2.42. The van der Waals surface area contributed by atoms with Crippen molar-refractivity contribution < 1.29 is 32.6 Å². The molecule has 0 bridgehead atoms. The number of β-amino-alcohol motifs (C(OH)–C–C–N with tert-alkyl or cyclic N) is 1. The van der Waals surface area contributed by atoms with E-state index in [0.717, 1.165) is 16.4 Å². The quantitative estimate of drug-likeness (QED) is 0.525. The van der Waals surface area contributed by atoms with Crippen LogP contribution >= 0.6 is 0 Å². The first kappa shape index (κ1) is 24.3. The lowest BCUT2D eigenvalue weighted by molar-refractivity contribution is -0.0566. The van der Waals surface area contributed by atoms with Crippen LogP contribution in [-0.2, 0) is 33.5 Å². The molecule has 3 heterocycles. The van der Waals surface area contributed by atoms with E-state index in [2.05, 4.69) is 10.3 Å². The number of hydrogen-bond donors (Lipinski definition) is 3. The van der Waals surface area contributed by atoms with Crippen LogP contribution in [0.5, 0.6) is 5.75 Å². The predicted octanol–water partition coefficient (Wildman–Crippen LogP) is 0.0386. The van der Waals surface area contributed by atoms with E-state index in [-0.39, 0.29) is 55.5 Å². The van der Waals surface area contributed by atoms with Crippen LogP contribution in [0.15, 0.2) is 27.9 Å². The van der Waals surface area contributed by atoms with Gasteiger partial charge in [-0.15, -0.1) is 0 Å². The highest BCUT2D eigenvalue weighted by Crippen LogP contribution is 2.27. The summed E-state index contributed by atoms with van der Waals surface area (Å²) in [5.74, 6) is -2.36. The second kappa shape index (κ2) is 8.73. The fourth-order valence-corrected chi connectivity index (χ4v) is 5.62. The van der Waals surface area contributed by atoms with Gasteiger partial charge in [0.1, 0.15) is 17.2 Å². The summed E-state index contributed by atoms with van der Waals surface area (Å²) in [7, 11) is -4.03. The van der Waals surface area contributed by atoms with Crippen LogP contribution in [0.4, 0.5) is 4.39 Å². The number of aliphatic hydroxyl groups excluding tert-OH is 1. The maximum Gasteiger partial charge on any atom is 0.296 e. The first-order chi connectivity index (χ1) is 15.9. The fraction of sp³-hybridized carbons (Fsp3) is 0.476. The smallest absolute Gasteiger partial charge is 0.296 e. The Balaban J connectivity index is 1.58. The van der Waals surface area contributed by atoms with Crippen molar-refractivity contribution in [1.29, 1.82) is 0 Å². The Labute approximate surface area is 194 Å². The maximum absolute atomic E-state index is 14.2. The highest BCUT2D eigenvalue weighted by atomic mass is 32.2. The Kier molecular flexibility index (Phi) is 6.23. The van der Waals surface area contributed by atoms with Gasteiger partial charge in [-0.3, -0.25) is 14.2 Å². The number of nitrogens with zero attached hydrogens (tertiary/aromatic N) is 3. The van der Waals surface area contributed by atoms with Crippen LogP contribution in [0.3, 0.4) is 0 Å². The number of aromatic nitrogens is 2. The number of aromatic hydroxyl groups is 1. The molecule has 3 N–H and O–H groups in total. The van der Waals surface area contributed by atoms with E-state index < -0.39 is 50.5 Å². The van der Waals surface area contributed by atoms with E-state index in [1.165, 1.54) is 10.6 Å². The van der Waals surface area contributed by atoms with Crippen molar-refractivity contribution in [2.24, 2.45) is 0 Å². The van der Waals surface area contributed by atoms with Gasteiger partial charge in [0.15, 0.2) is 5.69 Å². The zero-order valence-electron chi connectivity index (χ0n) is 18.6. The molecule has 0 aliphatic carbocycles. The number of hydrogen-bond acceptors (Lipinski definition) is 8. The largest absolute Gasteiger partial charge is 0.501 e. The van der Waals surface area contributed by atoms with E-state index in [1.54, 1.807) is 13.8 Å². The van der Waals surface area contributed by atoms with Crippen LogP contribution in [0.1, 0.15) is 42.1 Å². The zero-order valence-corrected chi connectivity index (χ0v) is 19.4. The minimum Gasteiger partial charge on any atom is -0.501 e. The van der Waals surface area contributed by atoms with E-state index in [0.29, 0.717) is 0 Å². The van der Waals surface area contributed by atoms with Crippen molar-refractivity contribution >= 4 is 15.9 Å². The van der Waals surface area contributed by atoms with Gasteiger partial charge in [0.2, 0.25) is 15.8 Å². The second-order valence-electron chi connectivity index (χ2n) is 8.73. The van der Waals surface area contributed by atoms with Crippen LogP contribution < -0.4 is 10.9 Å². The highest BCUT2D eigenvalue weighted by molar-refractivity contribution is 7.89.